The van der Waals surface area contributed by atoms with Gasteiger partial charge in [-0.25, -0.2) is 0 Å². The molecule has 0 amide bonds. The number of aromatic nitrogens is 1. The van der Waals surface area contributed by atoms with Crippen LogP contribution in [-0.4, -0.2) is 12.2 Å². The predicted octanol–water partition coefficient (Wildman–Crippen LogP) is 1.26. The Morgan fingerprint density at radius 1 is 1.70 bits per heavy atom. The summed E-state index contributed by atoms with van der Waals surface area (Å²) in [4.78, 5) is 0. The quantitative estimate of drug-likeness (QED) is 0.672. The van der Waals surface area contributed by atoms with Crippen LogP contribution in [0.4, 0.5) is 0 Å². The van der Waals surface area contributed by atoms with Crippen LogP contribution in [-0.2, 0) is 0 Å². The van der Waals surface area contributed by atoms with Crippen molar-refractivity contribution in [1.29, 1.82) is 0 Å². The summed E-state index contributed by atoms with van der Waals surface area (Å²) in [7, 11) is 1.89. The molecule has 3 nitrogen and oxygen atoms in total. The van der Waals surface area contributed by atoms with Gasteiger partial charge in [-0.15, -0.1) is 0 Å². The van der Waals surface area contributed by atoms with Crippen LogP contribution in [0.25, 0.3) is 0 Å². The molecule has 1 unspecified atom stereocenters. The number of hydrogen-bond donors (Lipinski definition) is 1. The van der Waals surface area contributed by atoms with Gasteiger partial charge in [0.25, 0.3) is 0 Å². The summed E-state index contributed by atoms with van der Waals surface area (Å²) >= 11 is 0. The Morgan fingerprint density at radius 3 is 2.80 bits per heavy atom. The van der Waals surface area contributed by atoms with Crippen molar-refractivity contribution >= 4 is 0 Å². The van der Waals surface area contributed by atoms with E-state index in [0.717, 1.165) is 11.5 Å². The molecule has 0 aliphatic carbocycles. The zero-order chi connectivity index (χ0) is 7.56. The average Bonchev–Trinajstić information content (AvgIpc) is 2.34. The normalized spacial score (nSPS) is 13.5. The molecular formula is C7H12N2O. The molecule has 1 heterocycles. The standard InChI is InChI=1S/C7H12N2O/c1-5-4-7(10-9-5)6(2)8-3/h4,6,8H,1-3H3. The largest absolute Gasteiger partial charge is 0.359 e. The zero-order valence-corrected chi connectivity index (χ0v) is 6.51. The zero-order valence-electron chi connectivity index (χ0n) is 6.51. The molecule has 0 aliphatic heterocycles. The summed E-state index contributed by atoms with van der Waals surface area (Å²) in [6.07, 6.45) is 0. The van der Waals surface area contributed by atoms with E-state index in [1.54, 1.807) is 0 Å². The Labute approximate surface area is 60.4 Å². The molecule has 0 fully saturated rings. The highest BCUT2D eigenvalue weighted by Crippen LogP contribution is 2.11. The molecule has 1 rings (SSSR count). The SMILES string of the molecule is CNC(C)c1cc(C)no1. The van der Waals surface area contributed by atoms with Crippen LogP contribution in [0.1, 0.15) is 24.4 Å². The fraction of sp³-hybridized carbons (Fsp3) is 0.571. The molecule has 1 N–H and O–H groups in total. The number of nitrogens with one attached hydrogen (secondary N) is 1. The van der Waals surface area contributed by atoms with Gasteiger partial charge in [-0.2, -0.15) is 0 Å². The molecule has 3 heteroatoms. The fourth-order valence-corrected chi connectivity index (χ4v) is 0.730. The van der Waals surface area contributed by atoms with Gasteiger partial charge < -0.3 is 9.84 Å². The van der Waals surface area contributed by atoms with Crippen LogP contribution in [0.5, 0.6) is 0 Å². The van der Waals surface area contributed by atoms with Gasteiger partial charge in [-0.1, -0.05) is 5.16 Å². The Kier molecular flexibility index (Phi) is 2.06. The molecular weight excluding hydrogens is 128 g/mol. The van der Waals surface area contributed by atoms with Crippen molar-refractivity contribution in [2.24, 2.45) is 0 Å². The monoisotopic (exact) mass is 140 g/mol. The van der Waals surface area contributed by atoms with Crippen LogP contribution < -0.4 is 5.32 Å². The molecule has 0 aliphatic rings. The Bertz CT molecular complexity index is 207. The van der Waals surface area contributed by atoms with Crippen LogP contribution in [0.3, 0.4) is 0 Å². The lowest BCUT2D eigenvalue weighted by atomic mass is 10.2. The van der Waals surface area contributed by atoms with E-state index in [9.17, 15) is 0 Å². The minimum absolute atomic E-state index is 0.251. The van der Waals surface area contributed by atoms with Gasteiger partial charge in [0.2, 0.25) is 0 Å². The first-order valence-electron chi connectivity index (χ1n) is 3.34. The molecule has 0 aromatic carbocycles. The van der Waals surface area contributed by atoms with E-state index in [4.69, 9.17) is 4.52 Å². The van der Waals surface area contributed by atoms with E-state index >= 15 is 0 Å². The molecule has 56 valence electrons. The maximum Gasteiger partial charge on any atom is 0.153 e. The van der Waals surface area contributed by atoms with Gasteiger partial charge >= 0.3 is 0 Å². The van der Waals surface area contributed by atoms with Gasteiger partial charge in [-0.05, 0) is 20.9 Å². The van der Waals surface area contributed by atoms with Crippen molar-refractivity contribution in [2.75, 3.05) is 7.05 Å². The molecule has 1 aromatic heterocycles. The summed E-state index contributed by atoms with van der Waals surface area (Å²) in [6.45, 7) is 3.94. The van der Waals surface area contributed by atoms with Crippen molar-refractivity contribution in [3.8, 4) is 0 Å². The second-order valence-electron chi connectivity index (χ2n) is 2.38. The second kappa shape index (κ2) is 2.84. The molecule has 0 bridgehead atoms. The van der Waals surface area contributed by atoms with E-state index in [1.165, 1.54) is 0 Å². The summed E-state index contributed by atoms with van der Waals surface area (Å²) < 4.78 is 5.00. The lowest BCUT2D eigenvalue weighted by Crippen LogP contribution is -2.11. The number of aryl methyl sites for hydroxylation is 1. The van der Waals surface area contributed by atoms with Gasteiger partial charge in [0.05, 0.1) is 11.7 Å². The maximum atomic E-state index is 5.00. The summed E-state index contributed by atoms with van der Waals surface area (Å²) in [5.74, 6) is 0.889. The second-order valence-corrected chi connectivity index (χ2v) is 2.38. The third-order valence-electron chi connectivity index (χ3n) is 1.51. The third-order valence-corrected chi connectivity index (χ3v) is 1.51. The highest BCUT2D eigenvalue weighted by atomic mass is 16.5. The lowest BCUT2D eigenvalue weighted by molar-refractivity contribution is 0.351. The molecule has 0 spiro atoms. The predicted molar refractivity (Wildman–Crippen MR) is 38.7 cm³/mol. The van der Waals surface area contributed by atoms with Crippen molar-refractivity contribution in [2.45, 2.75) is 19.9 Å². The van der Waals surface area contributed by atoms with E-state index in [2.05, 4.69) is 10.5 Å². The van der Waals surface area contributed by atoms with Crippen molar-refractivity contribution in [1.82, 2.24) is 10.5 Å². The maximum absolute atomic E-state index is 5.00. The number of nitrogens with zero attached hydrogens (tertiary/aromatic N) is 1. The molecule has 0 saturated carbocycles. The molecule has 0 saturated heterocycles. The van der Waals surface area contributed by atoms with E-state index in [-0.39, 0.29) is 6.04 Å². The van der Waals surface area contributed by atoms with Gasteiger partial charge in [-0.3, -0.25) is 0 Å². The highest BCUT2D eigenvalue weighted by molar-refractivity contribution is 5.06. The average molecular weight is 140 g/mol. The first-order chi connectivity index (χ1) is 4.74. The van der Waals surface area contributed by atoms with Gasteiger partial charge in [0, 0.05) is 6.07 Å². The van der Waals surface area contributed by atoms with Gasteiger partial charge in [0.1, 0.15) is 0 Å². The van der Waals surface area contributed by atoms with Crippen LogP contribution in [0, 0.1) is 6.92 Å². The lowest BCUT2D eigenvalue weighted by Gasteiger charge is -2.02. The molecule has 0 radical (unpaired) electrons. The molecule has 10 heavy (non-hydrogen) atoms. The summed E-state index contributed by atoms with van der Waals surface area (Å²) in [5, 5.41) is 6.83. The minimum Gasteiger partial charge on any atom is -0.359 e. The Hall–Kier alpha value is -0.830. The van der Waals surface area contributed by atoms with Crippen molar-refractivity contribution in [3.05, 3.63) is 17.5 Å². The van der Waals surface area contributed by atoms with E-state index < -0.39 is 0 Å². The fourth-order valence-electron chi connectivity index (χ4n) is 0.730. The Morgan fingerprint density at radius 2 is 2.40 bits per heavy atom. The number of hydrogen-bond acceptors (Lipinski definition) is 3. The van der Waals surface area contributed by atoms with Crippen LogP contribution >= 0.6 is 0 Å². The number of rotatable bonds is 2. The van der Waals surface area contributed by atoms with Gasteiger partial charge in [0.15, 0.2) is 5.76 Å². The first-order valence-corrected chi connectivity index (χ1v) is 3.34. The summed E-state index contributed by atoms with van der Waals surface area (Å²) in [5.41, 5.74) is 0.928. The van der Waals surface area contributed by atoms with Crippen molar-refractivity contribution in [3.63, 3.8) is 0 Å². The summed E-state index contributed by atoms with van der Waals surface area (Å²) in [6, 6.07) is 2.18. The molecule has 1 atom stereocenters. The smallest absolute Gasteiger partial charge is 0.153 e. The van der Waals surface area contributed by atoms with Crippen LogP contribution in [0.2, 0.25) is 0 Å². The molecule has 1 aromatic rings. The highest BCUT2D eigenvalue weighted by Gasteiger charge is 2.06. The van der Waals surface area contributed by atoms with E-state index in [1.807, 2.05) is 27.0 Å². The Balaban J connectivity index is 2.74. The third kappa shape index (κ3) is 1.36. The van der Waals surface area contributed by atoms with Crippen molar-refractivity contribution < 1.29 is 4.52 Å². The topological polar surface area (TPSA) is 38.1 Å². The first kappa shape index (κ1) is 7.28. The van der Waals surface area contributed by atoms with E-state index in [0.29, 0.717) is 0 Å². The minimum atomic E-state index is 0.251. The van der Waals surface area contributed by atoms with Crippen LogP contribution in [0.15, 0.2) is 10.6 Å².